The number of amides is 1. The van der Waals surface area contributed by atoms with Crippen LogP contribution in [0.4, 0.5) is 0 Å². The van der Waals surface area contributed by atoms with Crippen molar-refractivity contribution in [1.82, 2.24) is 14.7 Å². The Morgan fingerprint density at radius 1 is 1.24 bits per heavy atom. The number of ether oxygens (including phenoxy) is 2. The van der Waals surface area contributed by atoms with Gasteiger partial charge >= 0.3 is 0 Å². The molecule has 132 valence electrons. The van der Waals surface area contributed by atoms with Crippen molar-refractivity contribution in [2.24, 2.45) is 13.0 Å². The molecule has 0 bridgehead atoms. The molecule has 1 aliphatic carbocycles. The molecule has 1 aromatic carbocycles. The van der Waals surface area contributed by atoms with Gasteiger partial charge in [-0.1, -0.05) is 6.07 Å². The van der Waals surface area contributed by atoms with Crippen LogP contribution in [0.3, 0.4) is 0 Å². The third kappa shape index (κ3) is 3.08. The Kier molecular flexibility index (Phi) is 3.90. The number of fused-ring (bicyclic) bond motifs is 1. The molecule has 1 saturated carbocycles. The van der Waals surface area contributed by atoms with Crippen molar-refractivity contribution < 1.29 is 14.3 Å². The molecule has 6 heteroatoms. The fraction of sp³-hybridized carbons (Fsp3) is 0.474. The summed E-state index contributed by atoms with van der Waals surface area (Å²) in [6.07, 6.45) is 2.00. The van der Waals surface area contributed by atoms with Gasteiger partial charge in [-0.3, -0.25) is 9.48 Å². The van der Waals surface area contributed by atoms with Gasteiger partial charge in [-0.15, -0.1) is 0 Å². The molecule has 4 rings (SSSR count). The van der Waals surface area contributed by atoms with Gasteiger partial charge in [0.2, 0.25) is 12.7 Å². The molecule has 2 heterocycles. The quantitative estimate of drug-likeness (QED) is 0.839. The SMILES string of the molecule is Cc1nn(C)c(C)c1CN(Cc1ccc2c(c1)OCO2)C(=O)C1CC1. The number of carbonyl (C=O) groups is 1. The molecule has 1 amide bonds. The molecule has 1 aromatic heterocycles. The minimum absolute atomic E-state index is 0.186. The second-order valence-corrected chi connectivity index (χ2v) is 6.93. The normalized spacial score (nSPS) is 15.5. The van der Waals surface area contributed by atoms with E-state index in [-0.39, 0.29) is 18.6 Å². The molecular formula is C19H23N3O3. The Balaban J connectivity index is 1.59. The van der Waals surface area contributed by atoms with E-state index >= 15 is 0 Å². The number of hydrogen-bond acceptors (Lipinski definition) is 4. The number of hydrogen-bond donors (Lipinski definition) is 0. The van der Waals surface area contributed by atoms with Crippen LogP contribution in [0, 0.1) is 19.8 Å². The van der Waals surface area contributed by atoms with Crippen molar-refractivity contribution in [3.05, 3.63) is 40.7 Å². The standard InChI is InChI=1S/C19H23N3O3/c1-12-16(13(2)21(3)20-12)10-22(19(23)15-5-6-15)9-14-4-7-17-18(8-14)25-11-24-17/h4,7-8,15H,5-6,9-11H2,1-3H3. The van der Waals surface area contributed by atoms with Gasteiger partial charge < -0.3 is 14.4 Å². The predicted molar refractivity (Wildman–Crippen MR) is 92.2 cm³/mol. The first-order valence-corrected chi connectivity index (χ1v) is 8.69. The van der Waals surface area contributed by atoms with Gasteiger partial charge in [-0.25, -0.2) is 0 Å². The highest BCUT2D eigenvalue weighted by atomic mass is 16.7. The first-order valence-electron chi connectivity index (χ1n) is 8.69. The predicted octanol–water partition coefficient (Wildman–Crippen LogP) is 2.70. The van der Waals surface area contributed by atoms with Gasteiger partial charge in [0, 0.05) is 37.3 Å². The summed E-state index contributed by atoms with van der Waals surface area (Å²) in [4.78, 5) is 14.8. The number of nitrogens with zero attached hydrogens (tertiary/aromatic N) is 3. The second-order valence-electron chi connectivity index (χ2n) is 6.93. The van der Waals surface area contributed by atoms with Crippen LogP contribution >= 0.6 is 0 Å². The topological polar surface area (TPSA) is 56.6 Å². The molecule has 1 fully saturated rings. The largest absolute Gasteiger partial charge is 0.454 e. The van der Waals surface area contributed by atoms with Gasteiger partial charge in [0.1, 0.15) is 0 Å². The smallest absolute Gasteiger partial charge is 0.231 e. The summed E-state index contributed by atoms with van der Waals surface area (Å²) in [5.41, 5.74) is 4.28. The fourth-order valence-electron chi connectivity index (χ4n) is 3.30. The number of carbonyl (C=O) groups excluding carboxylic acids is 1. The van der Waals surface area contributed by atoms with Crippen LogP contribution in [-0.2, 0) is 24.9 Å². The van der Waals surface area contributed by atoms with Crippen molar-refractivity contribution in [2.45, 2.75) is 39.8 Å². The van der Waals surface area contributed by atoms with E-state index in [2.05, 4.69) is 12.0 Å². The highest BCUT2D eigenvalue weighted by Crippen LogP contribution is 2.35. The Bertz CT molecular complexity index is 824. The molecule has 0 radical (unpaired) electrons. The molecule has 0 N–H and O–H groups in total. The lowest BCUT2D eigenvalue weighted by molar-refractivity contribution is -0.133. The third-order valence-electron chi connectivity index (χ3n) is 5.06. The molecule has 2 aromatic rings. The van der Waals surface area contributed by atoms with Crippen LogP contribution in [0.1, 0.15) is 35.4 Å². The average molecular weight is 341 g/mol. The van der Waals surface area contributed by atoms with Crippen LogP contribution in [0.2, 0.25) is 0 Å². The monoisotopic (exact) mass is 341 g/mol. The Labute approximate surface area is 147 Å². The van der Waals surface area contributed by atoms with Crippen molar-refractivity contribution in [3.63, 3.8) is 0 Å². The minimum atomic E-state index is 0.186. The summed E-state index contributed by atoms with van der Waals surface area (Å²) in [5, 5.41) is 4.48. The lowest BCUT2D eigenvalue weighted by Gasteiger charge is -2.23. The van der Waals surface area contributed by atoms with Crippen LogP contribution in [-0.4, -0.2) is 27.4 Å². The molecule has 0 saturated heterocycles. The third-order valence-corrected chi connectivity index (χ3v) is 5.06. The minimum Gasteiger partial charge on any atom is -0.454 e. The van der Waals surface area contributed by atoms with Gasteiger partial charge in [0.05, 0.1) is 5.69 Å². The Morgan fingerprint density at radius 2 is 2.00 bits per heavy atom. The molecule has 0 unspecified atom stereocenters. The van der Waals surface area contributed by atoms with E-state index in [1.165, 1.54) is 0 Å². The van der Waals surface area contributed by atoms with E-state index in [9.17, 15) is 4.79 Å². The van der Waals surface area contributed by atoms with E-state index in [0.717, 1.165) is 46.9 Å². The molecular weight excluding hydrogens is 318 g/mol. The van der Waals surface area contributed by atoms with Crippen LogP contribution in [0.5, 0.6) is 11.5 Å². The number of benzene rings is 1. The van der Waals surface area contributed by atoms with E-state index < -0.39 is 0 Å². The number of aromatic nitrogens is 2. The average Bonchev–Trinajstić information content (AvgIpc) is 3.29. The van der Waals surface area contributed by atoms with Crippen molar-refractivity contribution >= 4 is 5.91 Å². The van der Waals surface area contributed by atoms with E-state index in [1.54, 1.807) is 0 Å². The maximum atomic E-state index is 12.8. The van der Waals surface area contributed by atoms with Gasteiger partial charge in [-0.05, 0) is 44.4 Å². The Hall–Kier alpha value is -2.50. The van der Waals surface area contributed by atoms with Crippen LogP contribution < -0.4 is 9.47 Å². The van der Waals surface area contributed by atoms with E-state index in [4.69, 9.17) is 9.47 Å². The summed E-state index contributed by atoms with van der Waals surface area (Å²) in [6.45, 7) is 5.48. The van der Waals surface area contributed by atoms with Crippen molar-refractivity contribution in [2.75, 3.05) is 6.79 Å². The molecule has 1 aliphatic heterocycles. The lowest BCUT2D eigenvalue weighted by Crippen LogP contribution is -2.31. The number of aryl methyl sites for hydroxylation is 2. The molecule has 6 nitrogen and oxygen atoms in total. The maximum absolute atomic E-state index is 12.8. The van der Waals surface area contributed by atoms with E-state index in [0.29, 0.717) is 13.1 Å². The molecule has 2 aliphatic rings. The highest BCUT2D eigenvalue weighted by Gasteiger charge is 2.34. The summed E-state index contributed by atoms with van der Waals surface area (Å²) < 4.78 is 12.7. The summed E-state index contributed by atoms with van der Waals surface area (Å²) in [5.74, 6) is 1.94. The van der Waals surface area contributed by atoms with Crippen LogP contribution in [0.25, 0.3) is 0 Å². The van der Waals surface area contributed by atoms with Gasteiger partial charge in [0.15, 0.2) is 11.5 Å². The molecule has 25 heavy (non-hydrogen) atoms. The zero-order valence-corrected chi connectivity index (χ0v) is 14.9. The summed E-state index contributed by atoms with van der Waals surface area (Å²) in [7, 11) is 1.94. The van der Waals surface area contributed by atoms with Gasteiger partial charge in [0.25, 0.3) is 0 Å². The molecule has 0 atom stereocenters. The lowest BCUT2D eigenvalue weighted by atomic mass is 10.1. The summed E-state index contributed by atoms with van der Waals surface area (Å²) >= 11 is 0. The zero-order valence-electron chi connectivity index (χ0n) is 14.9. The van der Waals surface area contributed by atoms with E-state index in [1.807, 2.05) is 41.8 Å². The second kappa shape index (κ2) is 6.10. The molecule has 0 spiro atoms. The Morgan fingerprint density at radius 3 is 2.68 bits per heavy atom. The highest BCUT2D eigenvalue weighted by molar-refractivity contribution is 5.81. The maximum Gasteiger partial charge on any atom is 0.231 e. The number of rotatable bonds is 5. The van der Waals surface area contributed by atoms with Gasteiger partial charge in [-0.2, -0.15) is 5.10 Å². The van der Waals surface area contributed by atoms with Crippen molar-refractivity contribution in [3.8, 4) is 11.5 Å². The zero-order chi connectivity index (χ0) is 17.6. The first kappa shape index (κ1) is 16.0. The van der Waals surface area contributed by atoms with Crippen LogP contribution in [0.15, 0.2) is 18.2 Å². The fourth-order valence-corrected chi connectivity index (χ4v) is 3.30. The summed E-state index contributed by atoms with van der Waals surface area (Å²) in [6, 6.07) is 5.89. The van der Waals surface area contributed by atoms with Crippen molar-refractivity contribution in [1.29, 1.82) is 0 Å². The first-order chi connectivity index (χ1) is 12.0.